The summed E-state index contributed by atoms with van der Waals surface area (Å²) in [4.78, 5) is 0. The van der Waals surface area contributed by atoms with Crippen molar-refractivity contribution in [2.75, 3.05) is 21.3 Å². The van der Waals surface area contributed by atoms with Gasteiger partial charge in [-0.05, 0) is 61.6 Å². The lowest BCUT2D eigenvalue weighted by Crippen LogP contribution is -2.42. The summed E-state index contributed by atoms with van der Waals surface area (Å²) in [5, 5.41) is 0. The van der Waals surface area contributed by atoms with Gasteiger partial charge in [-0.25, -0.2) is 0 Å². The Bertz CT molecular complexity index is 869. The van der Waals surface area contributed by atoms with Crippen molar-refractivity contribution >= 4 is 0 Å². The molecule has 1 heterocycles. The minimum absolute atomic E-state index is 0.0908. The fraction of sp³-hybridized carbons (Fsp3) is 0.478. The van der Waals surface area contributed by atoms with E-state index in [1.807, 2.05) is 26.0 Å². The Kier molecular flexibility index (Phi) is 4.79. The topological polar surface area (TPSA) is 36.9 Å². The van der Waals surface area contributed by atoms with Gasteiger partial charge in [0.25, 0.3) is 0 Å². The molecule has 0 spiro atoms. The Morgan fingerprint density at radius 3 is 1.81 bits per heavy atom. The maximum Gasteiger partial charge on any atom is 0.136 e. The van der Waals surface area contributed by atoms with Gasteiger partial charge in [-0.2, -0.15) is 0 Å². The molecule has 0 bridgehead atoms. The first-order valence-electron chi connectivity index (χ1n) is 9.26. The molecule has 1 aliphatic rings. The zero-order valence-corrected chi connectivity index (χ0v) is 17.6. The van der Waals surface area contributed by atoms with Crippen LogP contribution >= 0.6 is 0 Å². The lowest BCUT2D eigenvalue weighted by atomic mass is 9.70. The molecule has 0 fully saturated rings. The summed E-state index contributed by atoms with van der Waals surface area (Å²) in [5.41, 5.74) is 3.64. The summed E-state index contributed by atoms with van der Waals surface area (Å²) in [7, 11) is 5.10. The first kappa shape index (κ1) is 19.4. The smallest absolute Gasteiger partial charge is 0.136 e. The van der Waals surface area contributed by atoms with Crippen molar-refractivity contribution in [3.8, 4) is 23.0 Å². The van der Waals surface area contributed by atoms with Gasteiger partial charge in [0, 0.05) is 17.5 Å². The number of benzene rings is 2. The SMILES string of the molecule is COc1cc2c(cc1C)OC(C)(c1cc(OC)c(C)cc1OC)CC2(C)C. The minimum atomic E-state index is -0.538. The predicted molar refractivity (Wildman–Crippen MR) is 108 cm³/mol. The standard InChI is InChI=1S/C23H30O4/c1-14-9-20(26-8)17(12-19(14)25-7)23(5)13-22(3,4)16-11-18(24-6)15(2)10-21(16)27-23/h9-12H,13H2,1-8H3. The number of aryl methyl sites for hydroxylation is 2. The van der Waals surface area contributed by atoms with Crippen LogP contribution in [-0.2, 0) is 11.0 Å². The summed E-state index contributed by atoms with van der Waals surface area (Å²) in [6, 6.07) is 8.25. The number of ether oxygens (including phenoxy) is 4. The molecule has 2 aromatic rings. The second-order valence-corrected chi connectivity index (χ2v) is 8.23. The number of hydrogen-bond acceptors (Lipinski definition) is 4. The maximum absolute atomic E-state index is 6.61. The molecule has 0 aliphatic carbocycles. The van der Waals surface area contributed by atoms with Gasteiger partial charge < -0.3 is 18.9 Å². The summed E-state index contributed by atoms with van der Waals surface area (Å²) in [5.74, 6) is 3.45. The molecule has 3 rings (SSSR count). The third kappa shape index (κ3) is 3.22. The Morgan fingerprint density at radius 2 is 1.26 bits per heavy atom. The van der Waals surface area contributed by atoms with Gasteiger partial charge in [0.1, 0.15) is 28.6 Å². The molecule has 0 saturated carbocycles. The molecule has 1 unspecified atom stereocenters. The van der Waals surface area contributed by atoms with Crippen LogP contribution < -0.4 is 18.9 Å². The number of hydrogen-bond donors (Lipinski definition) is 0. The molecule has 0 amide bonds. The molecule has 2 aromatic carbocycles. The van der Waals surface area contributed by atoms with E-state index >= 15 is 0 Å². The number of methoxy groups -OCH3 is 3. The van der Waals surface area contributed by atoms with Crippen molar-refractivity contribution in [3.05, 3.63) is 46.5 Å². The minimum Gasteiger partial charge on any atom is -0.496 e. The molecule has 146 valence electrons. The summed E-state index contributed by atoms with van der Waals surface area (Å²) < 4.78 is 23.4. The van der Waals surface area contributed by atoms with Crippen molar-refractivity contribution in [2.45, 2.75) is 52.1 Å². The van der Waals surface area contributed by atoms with Gasteiger partial charge >= 0.3 is 0 Å². The highest BCUT2D eigenvalue weighted by atomic mass is 16.5. The largest absolute Gasteiger partial charge is 0.496 e. The van der Waals surface area contributed by atoms with E-state index in [1.165, 1.54) is 5.56 Å². The highest BCUT2D eigenvalue weighted by Crippen LogP contribution is 2.52. The fourth-order valence-electron chi connectivity index (χ4n) is 4.33. The summed E-state index contributed by atoms with van der Waals surface area (Å²) in [6.45, 7) is 10.7. The molecule has 0 saturated heterocycles. The van der Waals surface area contributed by atoms with Crippen LogP contribution in [-0.4, -0.2) is 21.3 Å². The molecule has 4 heteroatoms. The van der Waals surface area contributed by atoms with Crippen molar-refractivity contribution in [1.82, 2.24) is 0 Å². The first-order chi connectivity index (χ1) is 12.6. The lowest BCUT2D eigenvalue weighted by Gasteiger charge is -2.45. The summed E-state index contributed by atoms with van der Waals surface area (Å²) in [6.07, 6.45) is 0.807. The molecular formula is C23H30O4. The second kappa shape index (κ2) is 6.66. The third-order valence-electron chi connectivity index (χ3n) is 5.63. The van der Waals surface area contributed by atoms with E-state index in [0.29, 0.717) is 0 Å². The van der Waals surface area contributed by atoms with E-state index in [0.717, 1.165) is 46.1 Å². The highest BCUT2D eigenvalue weighted by Gasteiger charge is 2.45. The zero-order valence-electron chi connectivity index (χ0n) is 17.6. The Balaban J connectivity index is 2.18. The second-order valence-electron chi connectivity index (χ2n) is 8.23. The molecule has 0 N–H and O–H groups in total. The van der Waals surface area contributed by atoms with Crippen molar-refractivity contribution in [1.29, 1.82) is 0 Å². The molecule has 4 nitrogen and oxygen atoms in total. The number of rotatable bonds is 4. The average molecular weight is 370 g/mol. The zero-order chi connectivity index (χ0) is 20.0. The average Bonchev–Trinajstić information content (AvgIpc) is 2.59. The third-order valence-corrected chi connectivity index (χ3v) is 5.63. The van der Waals surface area contributed by atoms with Gasteiger partial charge in [0.15, 0.2) is 0 Å². The van der Waals surface area contributed by atoms with E-state index in [4.69, 9.17) is 18.9 Å². The molecule has 0 radical (unpaired) electrons. The number of fused-ring (bicyclic) bond motifs is 1. The van der Waals surface area contributed by atoms with Crippen molar-refractivity contribution < 1.29 is 18.9 Å². The lowest BCUT2D eigenvalue weighted by molar-refractivity contribution is 0.0299. The van der Waals surface area contributed by atoms with Crippen molar-refractivity contribution in [3.63, 3.8) is 0 Å². The van der Waals surface area contributed by atoms with Crippen LogP contribution in [0.3, 0.4) is 0 Å². The molecule has 1 atom stereocenters. The monoisotopic (exact) mass is 370 g/mol. The Morgan fingerprint density at radius 1 is 0.741 bits per heavy atom. The van der Waals surface area contributed by atoms with Crippen LogP contribution in [0.2, 0.25) is 0 Å². The first-order valence-corrected chi connectivity index (χ1v) is 9.26. The van der Waals surface area contributed by atoms with E-state index in [-0.39, 0.29) is 5.41 Å². The molecule has 27 heavy (non-hydrogen) atoms. The van der Waals surface area contributed by atoms with E-state index < -0.39 is 5.60 Å². The fourth-order valence-corrected chi connectivity index (χ4v) is 4.33. The highest BCUT2D eigenvalue weighted by molar-refractivity contribution is 5.54. The maximum atomic E-state index is 6.61. The van der Waals surface area contributed by atoms with Crippen LogP contribution in [0.5, 0.6) is 23.0 Å². The van der Waals surface area contributed by atoms with Crippen LogP contribution in [0.15, 0.2) is 24.3 Å². The van der Waals surface area contributed by atoms with Gasteiger partial charge in [-0.1, -0.05) is 13.8 Å². The quantitative estimate of drug-likeness (QED) is 0.731. The van der Waals surface area contributed by atoms with Gasteiger partial charge in [0.2, 0.25) is 0 Å². The summed E-state index contributed by atoms with van der Waals surface area (Å²) >= 11 is 0. The predicted octanol–water partition coefficient (Wildman–Crippen LogP) is 5.30. The molecule has 1 aliphatic heterocycles. The van der Waals surface area contributed by atoms with Crippen LogP contribution in [0.4, 0.5) is 0 Å². The van der Waals surface area contributed by atoms with E-state index in [9.17, 15) is 0 Å². The van der Waals surface area contributed by atoms with E-state index in [1.54, 1.807) is 21.3 Å². The van der Waals surface area contributed by atoms with E-state index in [2.05, 4.69) is 32.9 Å². The van der Waals surface area contributed by atoms with Crippen LogP contribution in [0, 0.1) is 13.8 Å². The van der Waals surface area contributed by atoms with Crippen LogP contribution in [0.25, 0.3) is 0 Å². The normalized spacial score (nSPS) is 20.4. The van der Waals surface area contributed by atoms with Gasteiger partial charge in [-0.15, -0.1) is 0 Å². The Hall–Kier alpha value is -2.36. The molecular weight excluding hydrogens is 340 g/mol. The Labute approximate surface area is 162 Å². The van der Waals surface area contributed by atoms with Crippen molar-refractivity contribution in [2.24, 2.45) is 0 Å². The van der Waals surface area contributed by atoms with Gasteiger partial charge in [-0.3, -0.25) is 0 Å². The van der Waals surface area contributed by atoms with Gasteiger partial charge in [0.05, 0.1) is 21.3 Å². The van der Waals surface area contributed by atoms with Crippen LogP contribution in [0.1, 0.15) is 49.4 Å². The molecule has 0 aromatic heterocycles.